The second-order valence-electron chi connectivity index (χ2n) is 8.40. The van der Waals surface area contributed by atoms with Gasteiger partial charge in [0.25, 0.3) is 0 Å². The lowest BCUT2D eigenvalue weighted by molar-refractivity contribution is -0.151. The first-order valence-electron chi connectivity index (χ1n) is 10.9. The number of ether oxygens (including phenoxy) is 1. The van der Waals surface area contributed by atoms with Gasteiger partial charge in [0, 0.05) is 31.5 Å². The number of cyclic esters (lactones) is 1. The van der Waals surface area contributed by atoms with Crippen molar-refractivity contribution >= 4 is 29.5 Å². The lowest BCUT2D eigenvalue weighted by Gasteiger charge is -2.35. The van der Waals surface area contributed by atoms with Crippen LogP contribution in [0.5, 0.6) is 0 Å². The van der Waals surface area contributed by atoms with Gasteiger partial charge in [-0.05, 0) is 19.3 Å². The molecule has 0 aliphatic carbocycles. The van der Waals surface area contributed by atoms with Gasteiger partial charge >= 0.3 is 5.97 Å². The SMILES string of the molecule is CCCCN1CC=C[C@]23S[C@H]4C=CCOC(=O)[C@H]4[C@H]2C(=O)N(CCCCO)C3C1=O. The zero-order valence-electron chi connectivity index (χ0n) is 17.4. The number of amides is 2. The molecule has 7 nitrogen and oxygen atoms in total. The van der Waals surface area contributed by atoms with Crippen LogP contribution in [0.1, 0.15) is 32.6 Å². The van der Waals surface area contributed by atoms with Crippen molar-refractivity contribution in [2.24, 2.45) is 11.8 Å². The molecule has 2 fully saturated rings. The Labute approximate surface area is 181 Å². The number of unbranched alkanes of at least 4 members (excludes halogenated alkanes) is 2. The van der Waals surface area contributed by atoms with Gasteiger partial charge in [-0.2, -0.15) is 0 Å². The van der Waals surface area contributed by atoms with Gasteiger partial charge in [0.15, 0.2) is 0 Å². The lowest BCUT2D eigenvalue weighted by atomic mass is 9.78. The third-order valence-electron chi connectivity index (χ3n) is 6.59. The second kappa shape index (κ2) is 8.75. The Balaban J connectivity index is 1.74. The fraction of sp³-hybridized carbons (Fsp3) is 0.682. The van der Waals surface area contributed by atoms with Crippen molar-refractivity contribution in [3.63, 3.8) is 0 Å². The van der Waals surface area contributed by atoms with Crippen molar-refractivity contribution in [1.82, 2.24) is 9.80 Å². The molecule has 0 saturated carbocycles. The van der Waals surface area contributed by atoms with Crippen molar-refractivity contribution in [3.05, 3.63) is 24.3 Å². The number of esters is 1. The normalized spacial score (nSPS) is 35.1. The molecule has 0 aromatic rings. The molecule has 1 N–H and O–H groups in total. The smallest absolute Gasteiger partial charge is 0.311 e. The monoisotopic (exact) mass is 434 g/mol. The van der Waals surface area contributed by atoms with E-state index < -0.39 is 22.6 Å². The third kappa shape index (κ3) is 3.38. The molecule has 2 amide bonds. The summed E-state index contributed by atoms with van der Waals surface area (Å²) >= 11 is 1.57. The zero-order valence-corrected chi connectivity index (χ0v) is 18.2. The van der Waals surface area contributed by atoms with Crippen LogP contribution in [0, 0.1) is 11.8 Å². The summed E-state index contributed by atoms with van der Waals surface area (Å²) in [5, 5.41) is 9.02. The van der Waals surface area contributed by atoms with Gasteiger partial charge in [-0.15, -0.1) is 11.8 Å². The quantitative estimate of drug-likeness (QED) is 0.370. The molecule has 1 spiro atoms. The molecule has 2 saturated heterocycles. The Hall–Kier alpha value is -1.80. The minimum atomic E-state index is -0.760. The predicted octanol–water partition coefficient (Wildman–Crippen LogP) is 1.37. The Kier molecular flexibility index (Phi) is 6.25. The van der Waals surface area contributed by atoms with E-state index in [0.29, 0.717) is 32.5 Å². The van der Waals surface area contributed by atoms with E-state index in [1.54, 1.807) is 16.7 Å². The number of nitrogens with zero attached hydrogens (tertiary/aromatic N) is 2. The summed E-state index contributed by atoms with van der Waals surface area (Å²) in [5.41, 5.74) is 0. The van der Waals surface area contributed by atoms with E-state index in [0.717, 1.165) is 12.8 Å². The molecule has 30 heavy (non-hydrogen) atoms. The predicted molar refractivity (Wildman–Crippen MR) is 114 cm³/mol. The van der Waals surface area contributed by atoms with E-state index in [1.807, 2.05) is 29.2 Å². The summed E-state index contributed by atoms with van der Waals surface area (Å²) in [6.07, 6.45) is 10.9. The highest BCUT2D eigenvalue weighted by atomic mass is 32.2. The number of hydrogen-bond acceptors (Lipinski definition) is 6. The van der Waals surface area contributed by atoms with Crippen molar-refractivity contribution in [2.75, 3.05) is 32.8 Å². The van der Waals surface area contributed by atoms with Gasteiger partial charge in [-0.25, -0.2) is 0 Å². The summed E-state index contributed by atoms with van der Waals surface area (Å²) in [5.74, 6) is -1.70. The first-order chi connectivity index (χ1) is 14.5. The number of carbonyl (C=O) groups excluding carboxylic acids is 3. The number of likely N-dealkylation sites (tertiary alicyclic amines) is 1. The summed E-state index contributed by atoms with van der Waals surface area (Å²) in [6.45, 7) is 3.96. The number of aliphatic hydroxyl groups excluding tert-OH is 1. The summed E-state index contributed by atoms with van der Waals surface area (Å²) in [6, 6.07) is -0.623. The van der Waals surface area contributed by atoms with E-state index >= 15 is 0 Å². The highest BCUT2D eigenvalue weighted by Crippen LogP contribution is 2.60. The lowest BCUT2D eigenvalue weighted by Crippen LogP contribution is -2.53. The number of aliphatic hydroxyl groups is 1. The zero-order chi connectivity index (χ0) is 21.3. The van der Waals surface area contributed by atoms with Gasteiger partial charge < -0.3 is 19.6 Å². The molecule has 0 aromatic carbocycles. The van der Waals surface area contributed by atoms with Gasteiger partial charge in [-0.1, -0.05) is 37.6 Å². The van der Waals surface area contributed by atoms with Crippen LogP contribution in [-0.2, 0) is 19.1 Å². The molecular formula is C22H30N2O5S. The maximum absolute atomic E-state index is 13.7. The Morgan fingerprint density at radius 2 is 2.00 bits per heavy atom. The van der Waals surface area contributed by atoms with Gasteiger partial charge in [0.1, 0.15) is 12.6 Å². The third-order valence-corrected chi connectivity index (χ3v) is 8.33. The molecule has 0 aromatic heterocycles. The fourth-order valence-electron chi connectivity index (χ4n) is 5.20. The van der Waals surface area contributed by atoms with E-state index in [9.17, 15) is 19.5 Å². The van der Waals surface area contributed by atoms with Crippen LogP contribution >= 0.6 is 11.8 Å². The molecule has 4 aliphatic rings. The highest BCUT2D eigenvalue weighted by Gasteiger charge is 2.70. The van der Waals surface area contributed by atoms with Crippen molar-refractivity contribution in [3.8, 4) is 0 Å². The van der Waals surface area contributed by atoms with Crippen LogP contribution in [-0.4, -0.2) is 81.6 Å². The molecule has 4 aliphatic heterocycles. The number of hydrogen-bond donors (Lipinski definition) is 1. The molecule has 4 rings (SSSR count). The Bertz CT molecular complexity index is 769. The molecule has 8 heteroatoms. The highest BCUT2D eigenvalue weighted by molar-refractivity contribution is 8.02. The van der Waals surface area contributed by atoms with Crippen molar-refractivity contribution in [1.29, 1.82) is 0 Å². The van der Waals surface area contributed by atoms with Crippen LogP contribution in [0.4, 0.5) is 0 Å². The average molecular weight is 435 g/mol. The van der Waals surface area contributed by atoms with E-state index in [1.165, 1.54) is 0 Å². The van der Waals surface area contributed by atoms with Gasteiger partial charge in [0.05, 0.1) is 16.6 Å². The summed E-state index contributed by atoms with van der Waals surface area (Å²) in [4.78, 5) is 43.7. The molecule has 1 unspecified atom stereocenters. The minimum Gasteiger partial charge on any atom is -0.461 e. The maximum atomic E-state index is 13.7. The number of fused-ring (bicyclic) bond motifs is 2. The summed E-state index contributed by atoms with van der Waals surface area (Å²) in [7, 11) is 0. The molecule has 0 radical (unpaired) electrons. The molecule has 5 atom stereocenters. The molecular weight excluding hydrogens is 404 g/mol. The van der Waals surface area contributed by atoms with E-state index in [-0.39, 0.29) is 36.2 Å². The Morgan fingerprint density at radius 1 is 1.17 bits per heavy atom. The van der Waals surface area contributed by atoms with Crippen LogP contribution in [0.3, 0.4) is 0 Å². The number of rotatable bonds is 7. The fourth-order valence-corrected chi connectivity index (χ4v) is 7.20. The topological polar surface area (TPSA) is 87.2 Å². The van der Waals surface area contributed by atoms with Crippen molar-refractivity contribution < 1.29 is 24.2 Å². The largest absolute Gasteiger partial charge is 0.461 e. The van der Waals surface area contributed by atoms with Crippen molar-refractivity contribution in [2.45, 2.75) is 48.6 Å². The van der Waals surface area contributed by atoms with Crippen LogP contribution in [0.25, 0.3) is 0 Å². The average Bonchev–Trinajstić information content (AvgIpc) is 3.02. The van der Waals surface area contributed by atoms with Crippen LogP contribution < -0.4 is 0 Å². The standard InChI is InChI=1S/C22H30N2O5S/c1-2-3-10-23-11-7-9-22-17(16-15(30-22)8-6-14-29-21(16)28)19(26)24(12-4-5-13-25)18(22)20(23)27/h6-9,15-18,25H,2-5,10-14H2,1H3/t15-,16+,17-,18?,22-/m0/s1. The van der Waals surface area contributed by atoms with E-state index in [2.05, 4.69) is 6.92 Å². The van der Waals surface area contributed by atoms with Gasteiger partial charge in [0.2, 0.25) is 11.8 Å². The first kappa shape index (κ1) is 21.4. The van der Waals surface area contributed by atoms with Gasteiger partial charge in [-0.3, -0.25) is 14.4 Å². The van der Waals surface area contributed by atoms with Crippen LogP contribution in [0.2, 0.25) is 0 Å². The number of thioether (sulfide) groups is 1. The maximum Gasteiger partial charge on any atom is 0.311 e. The molecule has 164 valence electrons. The van der Waals surface area contributed by atoms with E-state index in [4.69, 9.17) is 4.74 Å². The second-order valence-corrected chi connectivity index (χ2v) is 9.89. The summed E-state index contributed by atoms with van der Waals surface area (Å²) < 4.78 is 4.59. The minimum absolute atomic E-state index is 0.0328. The first-order valence-corrected chi connectivity index (χ1v) is 11.8. The molecule has 4 heterocycles. The van der Waals surface area contributed by atoms with Crippen LogP contribution in [0.15, 0.2) is 24.3 Å². The number of carbonyl (C=O) groups is 3. The Morgan fingerprint density at radius 3 is 2.77 bits per heavy atom. The molecule has 0 bridgehead atoms.